The fraction of sp³-hybridized carbons (Fsp3) is 0.533. The lowest BCUT2D eigenvalue weighted by Crippen LogP contribution is -2.33. The first kappa shape index (κ1) is 13.7. The number of rotatable bonds is 4. The average Bonchev–Trinajstić information content (AvgIpc) is 2.89. The molecule has 19 heavy (non-hydrogen) atoms. The van der Waals surface area contributed by atoms with Gasteiger partial charge in [-0.25, -0.2) is 0 Å². The number of methoxy groups -OCH3 is 1. The molecule has 4 heteroatoms. The van der Waals surface area contributed by atoms with Crippen LogP contribution in [0.5, 0.6) is 5.75 Å². The summed E-state index contributed by atoms with van der Waals surface area (Å²) < 4.78 is 5.26. The maximum absolute atomic E-state index is 12.5. The van der Waals surface area contributed by atoms with Gasteiger partial charge in [-0.05, 0) is 37.5 Å². The molecule has 1 aliphatic rings. The van der Waals surface area contributed by atoms with E-state index < -0.39 is 0 Å². The standard InChI is InChI=1S/C15H22N2O2/c1-3-15(8-4-5-9-15)14(18)17-12-10-11(16)6-7-13(12)19-2/h6-7,10H,3-5,8-9,16H2,1-2H3,(H,17,18). The van der Waals surface area contributed by atoms with E-state index in [0.29, 0.717) is 17.1 Å². The van der Waals surface area contributed by atoms with E-state index in [1.165, 1.54) is 0 Å². The second-order valence-corrected chi connectivity index (χ2v) is 5.25. The molecule has 0 bridgehead atoms. The second-order valence-electron chi connectivity index (χ2n) is 5.25. The van der Waals surface area contributed by atoms with Gasteiger partial charge in [-0.1, -0.05) is 19.8 Å². The van der Waals surface area contributed by atoms with E-state index in [-0.39, 0.29) is 11.3 Å². The molecule has 1 aromatic carbocycles. The van der Waals surface area contributed by atoms with Crippen molar-refractivity contribution >= 4 is 17.3 Å². The van der Waals surface area contributed by atoms with Crippen LogP contribution in [0.25, 0.3) is 0 Å². The van der Waals surface area contributed by atoms with E-state index in [1.807, 2.05) is 0 Å². The molecule has 3 N–H and O–H groups in total. The molecule has 4 nitrogen and oxygen atoms in total. The van der Waals surface area contributed by atoms with E-state index >= 15 is 0 Å². The van der Waals surface area contributed by atoms with E-state index in [0.717, 1.165) is 32.1 Å². The zero-order chi connectivity index (χ0) is 13.9. The van der Waals surface area contributed by atoms with Gasteiger partial charge in [-0.2, -0.15) is 0 Å². The van der Waals surface area contributed by atoms with Crippen molar-refractivity contribution in [2.75, 3.05) is 18.2 Å². The van der Waals surface area contributed by atoms with Gasteiger partial charge in [0.2, 0.25) is 5.91 Å². The van der Waals surface area contributed by atoms with Crippen LogP contribution in [0.3, 0.4) is 0 Å². The van der Waals surface area contributed by atoms with Crippen molar-refractivity contribution in [3.63, 3.8) is 0 Å². The number of nitrogens with one attached hydrogen (secondary N) is 1. The molecule has 0 unspecified atom stereocenters. The number of nitrogens with two attached hydrogens (primary N) is 1. The molecule has 1 aromatic rings. The van der Waals surface area contributed by atoms with Crippen molar-refractivity contribution in [2.24, 2.45) is 5.41 Å². The van der Waals surface area contributed by atoms with Gasteiger partial charge >= 0.3 is 0 Å². The Balaban J connectivity index is 2.20. The second kappa shape index (κ2) is 5.51. The lowest BCUT2D eigenvalue weighted by molar-refractivity contribution is -0.125. The molecule has 2 rings (SSSR count). The molecule has 0 radical (unpaired) electrons. The Morgan fingerprint density at radius 1 is 1.42 bits per heavy atom. The van der Waals surface area contributed by atoms with Crippen LogP contribution in [0, 0.1) is 5.41 Å². The van der Waals surface area contributed by atoms with Gasteiger partial charge in [0.15, 0.2) is 0 Å². The first-order valence-corrected chi connectivity index (χ1v) is 6.86. The summed E-state index contributed by atoms with van der Waals surface area (Å²) >= 11 is 0. The number of nitrogen functional groups attached to an aromatic ring is 1. The Bertz CT molecular complexity index is 465. The molecule has 104 valence electrons. The topological polar surface area (TPSA) is 64.4 Å². The minimum atomic E-state index is -0.213. The van der Waals surface area contributed by atoms with Gasteiger partial charge in [0, 0.05) is 11.1 Å². The van der Waals surface area contributed by atoms with Crippen molar-refractivity contribution in [2.45, 2.75) is 39.0 Å². The molecule has 1 aliphatic carbocycles. The number of carbonyl (C=O) groups excluding carboxylic acids is 1. The van der Waals surface area contributed by atoms with Crippen LogP contribution >= 0.6 is 0 Å². The van der Waals surface area contributed by atoms with E-state index in [4.69, 9.17) is 10.5 Å². The summed E-state index contributed by atoms with van der Waals surface area (Å²) in [6, 6.07) is 5.28. The quantitative estimate of drug-likeness (QED) is 0.819. The van der Waals surface area contributed by atoms with Crippen molar-refractivity contribution in [3.8, 4) is 5.75 Å². The largest absolute Gasteiger partial charge is 0.495 e. The summed E-state index contributed by atoms with van der Waals surface area (Å²) in [7, 11) is 1.59. The first-order chi connectivity index (χ1) is 9.11. The summed E-state index contributed by atoms with van der Waals surface area (Å²) in [5, 5.41) is 2.99. The van der Waals surface area contributed by atoms with E-state index in [9.17, 15) is 4.79 Å². The summed E-state index contributed by atoms with van der Waals surface area (Å²) in [5.74, 6) is 0.739. The summed E-state index contributed by atoms with van der Waals surface area (Å²) in [6.07, 6.45) is 5.09. The Morgan fingerprint density at radius 2 is 2.11 bits per heavy atom. The minimum absolute atomic E-state index is 0.0939. The van der Waals surface area contributed by atoms with Crippen LogP contribution in [0.1, 0.15) is 39.0 Å². The Kier molecular flexibility index (Phi) is 3.98. The maximum Gasteiger partial charge on any atom is 0.230 e. The predicted octanol–water partition coefficient (Wildman–Crippen LogP) is 3.19. The third kappa shape index (κ3) is 2.67. The third-order valence-electron chi connectivity index (χ3n) is 4.19. The van der Waals surface area contributed by atoms with Crippen LogP contribution in [-0.2, 0) is 4.79 Å². The van der Waals surface area contributed by atoms with Gasteiger partial charge in [-0.3, -0.25) is 4.79 Å². The summed E-state index contributed by atoms with van der Waals surface area (Å²) in [6.45, 7) is 2.08. The predicted molar refractivity (Wildman–Crippen MR) is 77.2 cm³/mol. The lowest BCUT2D eigenvalue weighted by Gasteiger charge is -2.26. The van der Waals surface area contributed by atoms with Gasteiger partial charge in [0.05, 0.1) is 12.8 Å². The highest BCUT2D eigenvalue weighted by atomic mass is 16.5. The van der Waals surface area contributed by atoms with Crippen molar-refractivity contribution in [1.82, 2.24) is 0 Å². The molecule has 0 spiro atoms. The summed E-state index contributed by atoms with van der Waals surface area (Å²) in [5.41, 5.74) is 6.84. The fourth-order valence-electron chi connectivity index (χ4n) is 2.87. The Labute approximate surface area is 114 Å². The van der Waals surface area contributed by atoms with E-state index in [2.05, 4.69) is 12.2 Å². The number of benzene rings is 1. The Hall–Kier alpha value is -1.71. The number of anilines is 2. The normalized spacial score (nSPS) is 17.2. The fourth-order valence-corrected chi connectivity index (χ4v) is 2.87. The van der Waals surface area contributed by atoms with Gasteiger partial charge in [-0.15, -0.1) is 0 Å². The van der Waals surface area contributed by atoms with Gasteiger partial charge in [0.1, 0.15) is 5.75 Å². The third-order valence-corrected chi connectivity index (χ3v) is 4.19. The van der Waals surface area contributed by atoms with Crippen LogP contribution in [0.2, 0.25) is 0 Å². The number of amides is 1. The molecule has 1 fully saturated rings. The average molecular weight is 262 g/mol. The smallest absolute Gasteiger partial charge is 0.230 e. The van der Waals surface area contributed by atoms with E-state index in [1.54, 1.807) is 25.3 Å². The molecule has 1 amide bonds. The van der Waals surface area contributed by atoms with Crippen LogP contribution in [0.15, 0.2) is 18.2 Å². The van der Waals surface area contributed by atoms with Crippen LogP contribution in [-0.4, -0.2) is 13.0 Å². The lowest BCUT2D eigenvalue weighted by atomic mass is 9.82. The number of hydrogen-bond donors (Lipinski definition) is 2. The minimum Gasteiger partial charge on any atom is -0.495 e. The highest BCUT2D eigenvalue weighted by molar-refractivity contribution is 5.97. The van der Waals surface area contributed by atoms with Crippen LogP contribution in [0.4, 0.5) is 11.4 Å². The highest BCUT2D eigenvalue weighted by Crippen LogP contribution is 2.42. The van der Waals surface area contributed by atoms with Gasteiger partial charge in [0.25, 0.3) is 0 Å². The summed E-state index contributed by atoms with van der Waals surface area (Å²) in [4.78, 5) is 12.5. The molecule has 0 atom stereocenters. The first-order valence-electron chi connectivity index (χ1n) is 6.86. The van der Waals surface area contributed by atoms with Gasteiger partial charge < -0.3 is 15.8 Å². The molecule has 0 saturated heterocycles. The maximum atomic E-state index is 12.5. The molecule has 1 saturated carbocycles. The molecular weight excluding hydrogens is 240 g/mol. The van der Waals surface area contributed by atoms with Crippen molar-refractivity contribution in [1.29, 1.82) is 0 Å². The molecular formula is C15H22N2O2. The monoisotopic (exact) mass is 262 g/mol. The van der Waals surface area contributed by atoms with Crippen molar-refractivity contribution < 1.29 is 9.53 Å². The molecule has 0 aromatic heterocycles. The zero-order valence-electron chi connectivity index (χ0n) is 11.7. The molecule has 0 heterocycles. The Morgan fingerprint density at radius 3 is 2.68 bits per heavy atom. The number of hydrogen-bond acceptors (Lipinski definition) is 3. The van der Waals surface area contributed by atoms with Crippen molar-refractivity contribution in [3.05, 3.63) is 18.2 Å². The zero-order valence-corrected chi connectivity index (χ0v) is 11.7. The SMILES string of the molecule is CCC1(C(=O)Nc2cc(N)ccc2OC)CCCC1. The highest BCUT2D eigenvalue weighted by Gasteiger charge is 2.39. The molecule has 0 aliphatic heterocycles. The number of ether oxygens (including phenoxy) is 1. The van der Waals surface area contributed by atoms with Crippen LogP contribution < -0.4 is 15.8 Å². The number of carbonyl (C=O) groups is 1.